The monoisotopic (exact) mass is 464 g/mol. The number of thioether (sulfide) groups is 1. The highest BCUT2D eigenvalue weighted by Crippen LogP contribution is 2.42. The molecule has 0 bridgehead atoms. The van der Waals surface area contributed by atoms with E-state index in [0.717, 1.165) is 16.8 Å². The first-order valence-electron chi connectivity index (χ1n) is 9.46. The lowest BCUT2D eigenvalue weighted by Crippen LogP contribution is -2.38. The van der Waals surface area contributed by atoms with Gasteiger partial charge in [-0.2, -0.15) is 4.99 Å². The normalized spacial score (nSPS) is 23.6. The number of fused-ring (bicyclic) bond motifs is 1. The third-order valence-corrected chi connectivity index (χ3v) is 8.76. The molecule has 2 fully saturated rings. The van der Waals surface area contributed by atoms with Gasteiger partial charge in [-0.1, -0.05) is 35.5 Å². The Labute approximate surface area is 185 Å². The number of anilines is 1. The van der Waals surface area contributed by atoms with Gasteiger partial charge in [-0.15, -0.1) is 0 Å². The van der Waals surface area contributed by atoms with Crippen LogP contribution in [0.3, 0.4) is 0 Å². The Morgan fingerprint density at radius 3 is 2.67 bits per heavy atom. The van der Waals surface area contributed by atoms with Crippen LogP contribution in [0, 0.1) is 13.8 Å². The zero-order chi connectivity index (χ0) is 21.5. The first kappa shape index (κ1) is 21.2. The quantitative estimate of drug-likeness (QED) is 0.687. The number of amidine groups is 1. The molecule has 4 rings (SSSR count). The highest BCUT2D eigenvalue weighted by atomic mass is 35.5. The third kappa shape index (κ3) is 4.36. The Bertz CT molecular complexity index is 1120. The molecule has 2 aromatic rings. The maximum absolute atomic E-state index is 12.5. The molecule has 0 N–H and O–H groups in total. The van der Waals surface area contributed by atoms with Gasteiger partial charge in [0.25, 0.3) is 5.91 Å². The van der Waals surface area contributed by atoms with Crippen LogP contribution in [-0.4, -0.2) is 48.9 Å². The molecule has 2 aromatic carbocycles. The molecule has 0 aromatic heterocycles. The van der Waals surface area contributed by atoms with E-state index in [2.05, 4.69) is 4.99 Å². The second-order valence-electron chi connectivity index (χ2n) is 7.42. The molecule has 0 aliphatic carbocycles. The predicted octanol–water partition coefficient (Wildman–Crippen LogP) is 3.64. The van der Waals surface area contributed by atoms with E-state index in [-0.39, 0.29) is 29.4 Å². The van der Waals surface area contributed by atoms with Crippen molar-refractivity contribution < 1.29 is 17.9 Å². The van der Waals surface area contributed by atoms with Crippen LogP contribution in [0.1, 0.15) is 11.1 Å². The van der Waals surface area contributed by atoms with Crippen molar-refractivity contribution in [2.75, 3.05) is 23.0 Å². The minimum absolute atomic E-state index is 0.0620. The number of rotatable bonds is 4. The molecule has 9 heteroatoms. The molecule has 30 heavy (non-hydrogen) atoms. The molecule has 0 spiro atoms. The average molecular weight is 465 g/mol. The van der Waals surface area contributed by atoms with Gasteiger partial charge in [-0.25, -0.2) is 8.42 Å². The highest BCUT2D eigenvalue weighted by molar-refractivity contribution is 8.16. The number of benzene rings is 2. The van der Waals surface area contributed by atoms with Crippen molar-refractivity contribution in [3.05, 3.63) is 58.6 Å². The zero-order valence-electron chi connectivity index (χ0n) is 16.5. The van der Waals surface area contributed by atoms with Gasteiger partial charge in [0.15, 0.2) is 21.6 Å². The highest BCUT2D eigenvalue weighted by Gasteiger charge is 2.49. The Balaban J connectivity index is 1.59. The van der Waals surface area contributed by atoms with E-state index < -0.39 is 15.7 Å². The van der Waals surface area contributed by atoms with Crippen LogP contribution in [0.25, 0.3) is 0 Å². The van der Waals surface area contributed by atoms with E-state index in [4.69, 9.17) is 16.3 Å². The SMILES string of the molecule is Cc1cccc(N2C(=NC(=O)COc3ccc(Cl)cc3)S[C@H]3CS(=O)(=O)C[C@H]32)c1C. The lowest BCUT2D eigenvalue weighted by molar-refractivity contribution is -0.119. The summed E-state index contributed by atoms with van der Waals surface area (Å²) in [6.45, 7) is 3.79. The number of carbonyl (C=O) groups excluding carboxylic acids is 1. The van der Waals surface area contributed by atoms with Gasteiger partial charge in [-0.05, 0) is 55.3 Å². The maximum atomic E-state index is 12.5. The van der Waals surface area contributed by atoms with Crippen molar-refractivity contribution in [2.45, 2.75) is 25.1 Å². The molecule has 2 aliphatic rings. The van der Waals surface area contributed by atoms with Gasteiger partial charge in [0, 0.05) is 16.0 Å². The largest absolute Gasteiger partial charge is 0.484 e. The van der Waals surface area contributed by atoms with Crippen LogP contribution >= 0.6 is 23.4 Å². The average Bonchev–Trinajstić information content (AvgIpc) is 3.14. The summed E-state index contributed by atoms with van der Waals surface area (Å²) in [4.78, 5) is 18.7. The number of hydrogen-bond donors (Lipinski definition) is 0. The first-order valence-corrected chi connectivity index (χ1v) is 12.5. The van der Waals surface area contributed by atoms with Crippen molar-refractivity contribution in [1.29, 1.82) is 0 Å². The summed E-state index contributed by atoms with van der Waals surface area (Å²) in [6.07, 6.45) is 0. The number of aryl methyl sites for hydroxylation is 1. The maximum Gasteiger partial charge on any atom is 0.285 e. The second kappa shape index (κ2) is 8.24. The molecule has 2 saturated heterocycles. The van der Waals surface area contributed by atoms with Crippen molar-refractivity contribution in [1.82, 2.24) is 0 Å². The number of nitrogens with zero attached hydrogens (tertiary/aromatic N) is 2. The number of sulfone groups is 1. The Morgan fingerprint density at radius 2 is 1.93 bits per heavy atom. The molecule has 0 radical (unpaired) electrons. The Hall–Kier alpha value is -2.03. The number of hydrogen-bond acceptors (Lipinski definition) is 5. The fourth-order valence-electron chi connectivity index (χ4n) is 3.66. The zero-order valence-corrected chi connectivity index (χ0v) is 18.9. The van der Waals surface area contributed by atoms with Gasteiger partial charge in [-0.3, -0.25) is 4.79 Å². The van der Waals surface area contributed by atoms with Crippen molar-refractivity contribution in [3.8, 4) is 5.75 Å². The summed E-state index contributed by atoms with van der Waals surface area (Å²) in [5.41, 5.74) is 3.02. The molecule has 2 heterocycles. The number of amides is 1. The van der Waals surface area contributed by atoms with Gasteiger partial charge in [0.05, 0.1) is 17.5 Å². The third-order valence-electron chi connectivity index (χ3n) is 5.30. The first-order chi connectivity index (χ1) is 14.2. The summed E-state index contributed by atoms with van der Waals surface area (Å²) >= 11 is 7.21. The van der Waals surface area contributed by atoms with Crippen LogP contribution in [0.5, 0.6) is 5.75 Å². The number of ether oxygens (including phenoxy) is 1. The molecule has 2 aliphatic heterocycles. The van der Waals surface area contributed by atoms with Crippen LogP contribution < -0.4 is 9.64 Å². The fourth-order valence-corrected chi connectivity index (χ4v) is 7.71. The molecular weight excluding hydrogens is 444 g/mol. The van der Waals surface area contributed by atoms with Crippen molar-refractivity contribution >= 4 is 50.0 Å². The lowest BCUT2D eigenvalue weighted by atomic mass is 10.1. The van der Waals surface area contributed by atoms with Crippen LogP contribution in [0.4, 0.5) is 5.69 Å². The van der Waals surface area contributed by atoms with E-state index >= 15 is 0 Å². The molecule has 6 nitrogen and oxygen atoms in total. The topological polar surface area (TPSA) is 76.0 Å². The lowest BCUT2D eigenvalue weighted by Gasteiger charge is -2.26. The predicted molar refractivity (Wildman–Crippen MR) is 122 cm³/mol. The van der Waals surface area contributed by atoms with E-state index in [1.54, 1.807) is 24.3 Å². The van der Waals surface area contributed by atoms with Crippen LogP contribution in [0.2, 0.25) is 5.02 Å². The van der Waals surface area contributed by atoms with E-state index in [1.165, 1.54) is 11.8 Å². The van der Waals surface area contributed by atoms with Crippen LogP contribution in [0.15, 0.2) is 47.5 Å². The number of halogens is 1. The smallest absolute Gasteiger partial charge is 0.285 e. The van der Waals surface area contributed by atoms with Crippen molar-refractivity contribution in [3.63, 3.8) is 0 Å². The summed E-state index contributed by atoms with van der Waals surface area (Å²) in [5, 5.41) is 0.971. The number of aliphatic imine (C=N–C) groups is 1. The van der Waals surface area contributed by atoms with Gasteiger partial charge < -0.3 is 9.64 Å². The molecule has 0 saturated carbocycles. The number of carbonyl (C=O) groups is 1. The van der Waals surface area contributed by atoms with Gasteiger partial charge >= 0.3 is 0 Å². The summed E-state index contributed by atoms with van der Waals surface area (Å²) in [7, 11) is -3.11. The molecule has 2 atom stereocenters. The van der Waals surface area contributed by atoms with E-state index in [1.807, 2.05) is 36.9 Å². The Kier molecular flexibility index (Phi) is 5.83. The minimum atomic E-state index is -3.11. The summed E-state index contributed by atoms with van der Waals surface area (Å²) in [6, 6.07) is 12.4. The minimum Gasteiger partial charge on any atom is -0.484 e. The van der Waals surface area contributed by atoms with Crippen molar-refractivity contribution in [2.24, 2.45) is 4.99 Å². The van der Waals surface area contributed by atoms with Crippen LogP contribution in [-0.2, 0) is 14.6 Å². The molecular formula is C21H21ClN2O4S2. The molecule has 1 amide bonds. The van der Waals surface area contributed by atoms with Gasteiger partial charge in [0.1, 0.15) is 5.75 Å². The Morgan fingerprint density at radius 1 is 1.20 bits per heavy atom. The summed E-state index contributed by atoms with van der Waals surface area (Å²) in [5.74, 6) is 0.261. The second-order valence-corrected chi connectivity index (χ2v) is 11.2. The molecule has 0 unspecified atom stereocenters. The standard InChI is InChI=1S/C21H21ClN2O4S2/c1-13-4-3-5-17(14(13)2)24-18-11-30(26,27)12-19(18)29-21(24)23-20(25)10-28-16-8-6-15(22)7-9-16/h3-9,18-19H,10-12H2,1-2H3/t18-,19+/m1/s1. The summed E-state index contributed by atoms with van der Waals surface area (Å²) < 4.78 is 29.9. The van der Waals surface area contributed by atoms with Gasteiger partial charge in [0.2, 0.25) is 0 Å². The van der Waals surface area contributed by atoms with E-state index in [9.17, 15) is 13.2 Å². The fraction of sp³-hybridized carbons (Fsp3) is 0.333. The van der Waals surface area contributed by atoms with E-state index in [0.29, 0.717) is 15.9 Å². The molecule has 158 valence electrons.